The van der Waals surface area contributed by atoms with Crippen molar-refractivity contribution in [2.45, 2.75) is 45.4 Å². The minimum Gasteiger partial charge on any atom is -0.300 e. The van der Waals surface area contributed by atoms with Crippen LogP contribution in [0.25, 0.3) is 0 Å². The predicted octanol–water partition coefficient (Wildman–Crippen LogP) is 3.75. The van der Waals surface area contributed by atoms with E-state index < -0.39 is 0 Å². The Morgan fingerprint density at radius 2 is 1.79 bits per heavy atom. The van der Waals surface area contributed by atoms with Gasteiger partial charge in [0.15, 0.2) is 0 Å². The number of carbonyl (C=O) groups is 2. The highest BCUT2D eigenvalue weighted by Crippen LogP contribution is 2.43. The lowest BCUT2D eigenvalue weighted by Crippen LogP contribution is -2.33. The van der Waals surface area contributed by atoms with Crippen molar-refractivity contribution in [2.24, 2.45) is 11.8 Å². The van der Waals surface area contributed by atoms with Gasteiger partial charge in [-0.3, -0.25) is 4.79 Å². The maximum absolute atomic E-state index is 12.1. The second kappa shape index (κ2) is 6.14. The van der Waals surface area contributed by atoms with E-state index in [1.54, 1.807) is 13.8 Å². The quantitative estimate of drug-likeness (QED) is 0.824. The summed E-state index contributed by atoms with van der Waals surface area (Å²) < 4.78 is 0. The second-order valence-electron chi connectivity index (χ2n) is 5.75. The van der Waals surface area contributed by atoms with Gasteiger partial charge in [0.1, 0.15) is 11.6 Å². The number of hydrogen-bond donors (Lipinski definition) is 0. The van der Waals surface area contributed by atoms with Gasteiger partial charge in [-0.2, -0.15) is 0 Å². The maximum Gasteiger partial charge on any atom is 0.133 e. The molecule has 1 aliphatic rings. The van der Waals surface area contributed by atoms with E-state index in [-0.39, 0.29) is 29.3 Å². The van der Waals surface area contributed by atoms with Crippen LogP contribution in [0.15, 0.2) is 30.3 Å². The van der Waals surface area contributed by atoms with Crippen LogP contribution in [-0.2, 0) is 9.59 Å². The highest BCUT2D eigenvalue weighted by Gasteiger charge is 2.37. The van der Waals surface area contributed by atoms with Crippen LogP contribution in [0, 0.1) is 11.8 Å². The molecule has 3 atom stereocenters. The van der Waals surface area contributed by atoms with Gasteiger partial charge in [0.05, 0.1) is 0 Å². The van der Waals surface area contributed by atoms with Crippen LogP contribution < -0.4 is 0 Å². The molecule has 19 heavy (non-hydrogen) atoms. The van der Waals surface area contributed by atoms with E-state index in [4.69, 9.17) is 0 Å². The summed E-state index contributed by atoms with van der Waals surface area (Å²) in [7, 11) is 0. The zero-order chi connectivity index (χ0) is 13.8. The zero-order valence-electron chi connectivity index (χ0n) is 11.8. The fraction of sp³-hybridized carbons (Fsp3) is 0.529. The van der Waals surface area contributed by atoms with Gasteiger partial charge in [-0.05, 0) is 44.1 Å². The van der Waals surface area contributed by atoms with Crippen molar-refractivity contribution < 1.29 is 9.59 Å². The Balaban J connectivity index is 2.26. The smallest absolute Gasteiger partial charge is 0.133 e. The molecule has 0 saturated heterocycles. The molecule has 0 N–H and O–H groups in total. The van der Waals surface area contributed by atoms with Gasteiger partial charge in [-0.1, -0.05) is 36.8 Å². The Bertz CT molecular complexity index is 450. The molecule has 0 bridgehead atoms. The summed E-state index contributed by atoms with van der Waals surface area (Å²) in [5.41, 5.74) is 1.25. The van der Waals surface area contributed by atoms with Crippen LogP contribution in [-0.4, -0.2) is 11.6 Å². The van der Waals surface area contributed by atoms with Crippen molar-refractivity contribution in [1.29, 1.82) is 0 Å². The van der Waals surface area contributed by atoms with Crippen molar-refractivity contribution in [3.63, 3.8) is 0 Å². The molecule has 1 aliphatic carbocycles. The number of hydrogen-bond acceptors (Lipinski definition) is 2. The number of ketones is 2. The molecule has 102 valence electrons. The van der Waals surface area contributed by atoms with Gasteiger partial charge in [-0.15, -0.1) is 0 Å². The summed E-state index contributed by atoms with van der Waals surface area (Å²) in [6.07, 6.45) is 3.73. The predicted molar refractivity (Wildman–Crippen MR) is 76.0 cm³/mol. The highest BCUT2D eigenvalue weighted by molar-refractivity contribution is 5.82. The number of carbonyl (C=O) groups excluding carboxylic acids is 2. The molecule has 0 radical (unpaired) electrons. The van der Waals surface area contributed by atoms with Crippen molar-refractivity contribution in [1.82, 2.24) is 0 Å². The molecule has 1 saturated carbocycles. The normalized spacial score (nSPS) is 26.9. The van der Waals surface area contributed by atoms with Crippen LogP contribution in [0.3, 0.4) is 0 Å². The molecule has 0 aliphatic heterocycles. The third-order valence-corrected chi connectivity index (χ3v) is 4.28. The van der Waals surface area contributed by atoms with Gasteiger partial charge in [0.25, 0.3) is 0 Å². The van der Waals surface area contributed by atoms with Crippen molar-refractivity contribution in [2.75, 3.05) is 0 Å². The lowest BCUT2D eigenvalue weighted by atomic mass is 9.66. The lowest BCUT2D eigenvalue weighted by Gasteiger charge is -2.36. The van der Waals surface area contributed by atoms with Crippen molar-refractivity contribution in [3.8, 4) is 0 Å². The van der Waals surface area contributed by atoms with Gasteiger partial charge >= 0.3 is 0 Å². The molecular formula is C17H22O2. The topological polar surface area (TPSA) is 34.1 Å². The average molecular weight is 258 g/mol. The van der Waals surface area contributed by atoms with Crippen molar-refractivity contribution >= 4 is 11.6 Å². The molecule has 2 heteroatoms. The molecule has 0 amide bonds. The van der Waals surface area contributed by atoms with E-state index in [9.17, 15) is 9.59 Å². The third kappa shape index (κ3) is 3.31. The van der Waals surface area contributed by atoms with E-state index in [0.717, 1.165) is 19.3 Å². The highest BCUT2D eigenvalue weighted by atomic mass is 16.1. The molecule has 1 fully saturated rings. The Morgan fingerprint density at radius 1 is 1.11 bits per heavy atom. The monoisotopic (exact) mass is 258 g/mol. The lowest BCUT2D eigenvalue weighted by molar-refractivity contribution is -0.125. The van der Waals surface area contributed by atoms with Crippen LogP contribution >= 0.6 is 0 Å². The first kappa shape index (κ1) is 14.0. The third-order valence-electron chi connectivity index (χ3n) is 4.28. The summed E-state index contributed by atoms with van der Waals surface area (Å²) in [5, 5.41) is 0. The van der Waals surface area contributed by atoms with Crippen LogP contribution in [0.5, 0.6) is 0 Å². The van der Waals surface area contributed by atoms with Crippen molar-refractivity contribution in [3.05, 3.63) is 35.9 Å². The van der Waals surface area contributed by atoms with E-state index >= 15 is 0 Å². The zero-order valence-corrected chi connectivity index (χ0v) is 11.8. The SMILES string of the molecule is CC(=O)C[C@H]1CCC[C@H](c2ccccc2)[C@H]1C(C)=O. The molecule has 1 aromatic rings. The molecule has 0 spiro atoms. The molecule has 1 aromatic carbocycles. The Labute approximate surface area is 115 Å². The minimum absolute atomic E-state index is 0.0139. The van der Waals surface area contributed by atoms with Gasteiger partial charge in [0, 0.05) is 12.3 Å². The first-order valence-corrected chi connectivity index (χ1v) is 7.14. The van der Waals surface area contributed by atoms with Crippen LogP contribution in [0.2, 0.25) is 0 Å². The van der Waals surface area contributed by atoms with Gasteiger partial charge < -0.3 is 4.79 Å². The summed E-state index contributed by atoms with van der Waals surface area (Å²) in [6, 6.07) is 10.3. The van der Waals surface area contributed by atoms with E-state index in [2.05, 4.69) is 12.1 Å². The van der Waals surface area contributed by atoms with Crippen LogP contribution in [0.4, 0.5) is 0 Å². The largest absolute Gasteiger partial charge is 0.300 e. The standard InChI is InChI=1S/C17H22O2/c1-12(18)11-15-9-6-10-16(17(15)13(2)19)14-7-4-3-5-8-14/h3-5,7-8,15-17H,6,9-11H2,1-2H3/t15-,16-,17+/m1/s1. The van der Waals surface area contributed by atoms with Gasteiger partial charge in [-0.25, -0.2) is 0 Å². The molecule has 0 aromatic heterocycles. The average Bonchev–Trinajstić information content (AvgIpc) is 2.38. The number of Topliss-reactive ketones (excluding diaryl/α,β-unsaturated/α-hetero) is 2. The Hall–Kier alpha value is -1.44. The van der Waals surface area contributed by atoms with Gasteiger partial charge in [0.2, 0.25) is 0 Å². The molecule has 0 heterocycles. The molecule has 2 rings (SSSR count). The fourth-order valence-electron chi connectivity index (χ4n) is 3.58. The second-order valence-corrected chi connectivity index (χ2v) is 5.75. The van der Waals surface area contributed by atoms with E-state index in [1.807, 2.05) is 18.2 Å². The maximum atomic E-state index is 12.1. The number of rotatable bonds is 4. The molecular weight excluding hydrogens is 236 g/mol. The van der Waals surface area contributed by atoms with E-state index in [1.165, 1.54) is 5.56 Å². The Kier molecular flexibility index (Phi) is 4.52. The van der Waals surface area contributed by atoms with Crippen LogP contribution in [0.1, 0.15) is 51.0 Å². The molecule has 2 nitrogen and oxygen atoms in total. The fourth-order valence-corrected chi connectivity index (χ4v) is 3.58. The number of benzene rings is 1. The summed E-state index contributed by atoms with van der Waals surface area (Å²) in [4.78, 5) is 23.5. The summed E-state index contributed by atoms with van der Waals surface area (Å²) in [6.45, 7) is 3.31. The minimum atomic E-state index is 0.0139. The van der Waals surface area contributed by atoms with E-state index in [0.29, 0.717) is 6.42 Å². The first-order valence-electron chi connectivity index (χ1n) is 7.14. The molecule has 0 unspecified atom stereocenters. The first-order chi connectivity index (χ1) is 9.09. The Morgan fingerprint density at radius 3 is 2.37 bits per heavy atom. The summed E-state index contributed by atoms with van der Waals surface area (Å²) >= 11 is 0. The summed E-state index contributed by atoms with van der Waals surface area (Å²) in [5.74, 6) is 0.968.